The van der Waals surface area contributed by atoms with Gasteiger partial charge >= 0.3 is 0 Å². The van der Waals surface area contributed by atoms with Crippen molar-refractivity contribution in [1.29, 1.82) is 0 Å². The van der Waals surface area contributed by atoms with Crippen molar-refractivity contribution in [2.45, 2.75) is 25.3 Å². The Bertz CT molecular complexity index is 1000. The standard InChI is InChI=1S/C19H22N8O/c1-25-11-15(9-21-25)23-19-20-6-4-17(24-19)14-8-22-27(10-14)16-5-7-26(12-16)18(28)13-2-3-13/h4,6,8-11,13,16H,2-3,5,7,12H2,1H3,(H,20,23,24). The topological polar surface area (TPSA) is 93.8 Å². The molecule has 2 fully saturated rings. The molecule has 4 heterocycles. The Morgan fingerprint density at radius 3 is 2.86 bits per heavy atom. The van der Waals surface area contributed by atoms with Crippen molar-refractivity contribution in [2.75, 3.05) is 18.4 Å². The predicted octanol–water partition coefficient (Wildman–Crippen LogP) is 2.00. The van der Waals surface area contributed by atoms with Crippen LogP contribution in [0.4, 0.5) is 11.6 Å². The van der Waals surface area contributed by atoms with Crippen LogP contribution in [0.5, 0.6) is 0 Å². The van der Waals surface area contributed by atoms with Gasteiger partial charge in [-0.2, -0.15) is 10.2 Å². The lowest BCUT2D eigenvalue weighted by Crippen LogP contribution is -2.30. The molecule has 9 heteroatoms. The molecule has 0 spiro atoms. The predicted molar refractivity (Wildman–Crippen MR) is 103 cm³/mol. The second-order valence-electron chi connectivity index (χ2n) is 7.50. The van der Waals surface area contributed by atoms with Gasteiger partial charge in [-0.3, -0.25) is 14.2 Å². The summed E-state index contributed by atoms with van der Waals surface area (Å²) in [5.41, 5.74) is 2.57. The first kappa shape index (κ1) is 16.9. The van der Waals surface area contributed by atoms with Crippen molar-refractivity contribution >= 4 is 17.5 Å². The normalized spacial score (nSPS) is 19.2. The SMILES string of the molecule is Cn1cc(Nc2nccc(-c3cnn(C4CCN(C(=O)C5CC5)C4)c3)n2)cn1. The number of likely N-dealkylation sites (tertiary alicyclic amines) is 1. The van der Waals surface area contributed by atoms with Crippen LogP contribution in [0.2, 0.25) is 0 Å². The smallest absolute Gasteiger partial charge is 0.227 e. The number of hydrogen-bond acceptors (Lipinski definition) is 6. The van der Waals surface area contributed by atoms with Gasteiger partial charge in [0.1, 0.15) is 0 Å². The minimum atomic E-state index is 0.228. The van der Waals surface area contributed by atoms with E-state index in [4.69, 9.17) is 0 Å². The number of rotatable bonds is 5. The van der Waals surface area contributed by atoms with E-state index in [1.54, 1.807) is 17.1 Å². The lowest BCUT2D eigenvalue weighted by molar-refractivity contribution is -0.131. The van der Waals surface area contributed by atoms with Gasteiger partial charge in [-0.15, -0.1) is 0 Å². The maximum atomic E-state index is 12.3. The highest BCUT2D eigenvalue weighted by atomic mass is 16.2. The number of amides is 1. The molecular formula is C19H22N8O. The molecule has 1 saturated heterocycles. The Morgan fingerprint density at radius 2 is 2.07 bits per heavy atom. The van der Waals surface area contributed by atoms with E-state index in [0.29, 0.717) is 11.9 Å². The first-order valence-electron chi connectivity index (χ1n) is 9.58. The van der Waals surface area contributed by atoms with Gasteiger partial charge in [0.05, 0.1) is 29.8 Å². The van der Waals surface area contributed by atoms with Crippen LogP contribution in [0.25, 0.3) is 11.3 Å². The summed E-state index contributed by atoms with van der Waals surface area (Å²) >= 11 is 0. The summed E-state index contributed by atoms with van der Waals surface area (Å²) in [6, 6.07) is 2.10. The lowest BCUT2D eigenvalue weighted by Gasteiger charge is -2.16. The first-order valence-corrected chi connectivity index (χ1v) is 9.58. The maximum absolute atomic E-state index is 12.3. The molecular weight excluding hydrogens is 356 g/mol. The number of hydrogen-bond donors (Lipinski definition) is 1. The molecule has 1 unspecified atom stereocenters. The number of carbonyl (C=O) groups excluding carboxylic acids is 1. The van der Waals surface area contributed by atoms with Crippen LogP contribution in [0.15, 0.2) is 37.1 Å². The Kier molecular flexibility index (Phi) is 4.07. The van der Waals surface area contributed by atoms with E-state index in [0.717, 1.165) is 49.3 Å². The number of carbonyl (C=O) groups is 1. The van der Waals surface area contributed by atoms with Gasteiger partial charge in [0.2, 0.25) is 11.9 Å². The fourth-order valence-corrected chi connectivity index (χ4v) is 3.61. The third kappa shape index (κ3) is 3.35. The van der Waals surface area contributed by atoms with Crippen molar-refractivity contribution in [3.05, 3.63) is 37.1 Å². The Balaban J connectivity index is 1.29. The van der Waals surface area contributed by atoms with E-state index in [1.165, 1.54) is 0 Å². The van der Waals surface area contributed by atoms with Gasteiger partial charge < -0.3 is 10.2 Å². The zero-order valence-electron chi connectivity index (χ0n) is 15.7. The number of nitrogens with one attached hydrogen (secondary N) is 1. The van der Waals surface area contributed by atoms with Crippen molar-refractivity contribution in [3.63, 3.8) is 0 Å². The van der Waals surface area contributed by atoms with E-state index < -0.39 is 0 Å². The molecule has 9 nitrogen and oxygen atoms in total. The molecule has 2 aliphatic rings. The summed E-state index contributed by atoms with van der Waals surface area (Å²) in [4.78, 5) is 23.1. The average molecular weight is 378 g/mol. The highest BCUT2D eigenvalue weighted by Crippen LogP contribution is 2.34. The summed E-state index contributed by atoms with van der Waals surface area (Å²) in [7, 11) is 1.86. The zero-order valence-corrected chi connectivity index (χ0v) is 15.7. The van der Waals surface area contributed by atoms with E-state index in [1.807, 2.05) is 41.3 Å². The van der Waals surface area contributed by atoms with Gasteiger partial charge in [0, 0.05) is 50.2 Å². The van der Waals surface area contributed by atoms with Crippen LogP contribution in [-0.2, 0) is 11.8 Å². The molecule has 0 radical (unpaired) electrons. The largest absolute Gasteiger partial charge is 0.340 e. The molecule has 3 aromatic rings. The van der Waals surface area contributed by atoms with Crippen LogP contribution < -0.4 is 5.32 Å². The van der Waals surface area contributed by atoms with Crippen LogP contribution in [0.3, 0.4) is 0 Å². The number of anilines is 2. The highest BCUT2D eigenvalue weighted by Gasteiger charge is 2.37. The van der Waals surface area contributed by atoms with Crippen LogP contribution in [0.1, 0.15) is 25.3 Å². The van der Waals surface area contributed by atoms with Crippen LogP contribution in [-0.4, -0.2) is 53.4 Å². The highest BCUT2D eigenvalue weighted by molar-refractivity contribution is 5.81. The van der Waals surface area contributed by atoms with Gasteiger partial charge in [-0.05, 0) is 25.3 Å². The molecule has 5 rings (SSSR count). The molecule has 3 aromatic heterocycles. The van der Waals surface area contributed by atoms with Gasteiger partial charge in [0.25, 0.3) is 0 Å². The monoisotopic (exact) mass is 378 g/mol. The summed E-state index contributed by atoms with van der Waals surface area (Å²) in [5.74, 6) is 1.11. The Hall–Kier alpha value is -3.23. The van der Waals surface area contributed by atoms with Crippen molar-refractivity contribution < 1.29 is 4.79 Å². The quantitative estimate of drug-likeness (QED) is 0.730. The van der Waals surface area contributed by atoms with Crippen molar-refractivity contribution in [1.82, 2.24) is 34.4 Å². The van der Waals surface area contributed by atoms with E-state index in [2.05, 4.69) is 25.5 Å². The van der Waals surface area contributed by atoms with E-state index in [-0.39, 0.29) is 12.0 Å². The molecule has 28 heavy (non-hydrogen) atoms. The summed E-state index contributed by atoms with van der Waals surface area (Å²) in [6.45, 7) is 1.57. The van der Waals surface area contributed by atoms with Crippen LogP contribution in [0, 0.1) is 5.92 Å². The summed E-state index contributed by atoms with van der Waals surface area (Å²) < 4.78 is 3.68. The Morgan fingerprint density at radius 1 is 1.18 bits per heavy atom. The molecule has 1 amide bonds. The van der Waals surface area contributed by atoms with Gasteiger partial charge in [-0.1, -0.05) is 0 Å². The molecule has 1 N–H and O–H groups in total. The average Bonchev–Trinajstić information content (AvgIpc) is 3.08. The van der Waals surface area contributed by atoms with E-state index in [9.17, 15) is 4.79 Å². The zero-order chi connectivity index (χ0) is 19.1. The summed E-state index contributed by atoms with van der Waals surface area (Å²) in [6.07, 6.45) is 12.2. The molecule has 1 aliphatic heterocycles. The van der Waals surface area contributed by atoms with Gasteiger partial charge in [0.15, 0.2) is 0 Å². The minimum Gasteiger partial charge on any atom is -0.340 e. The fourth-order valence-electron chi connectivity index (χ4n) is 3.61. The maximum Gasteiger partial charge on any atom is 0.227 e. The number of aryl methyl sites for hydroxylation is 1. The fraction of sp³-hybridized carbons (Fsp3) is 0.421. The third-order valence-corrected chi connectivity index (χ3v) is 5.29. The second kappa shape index (κ2) is 6.74. The molecule has 144 valence electrons. The molecule has 1 saturated carbocycles. The summed E-state index contributed by atoms with van der Waals surface area (Å²) in [5, 5.41) is 11.8. The third-order valence-electron chi connectivity index (χ3n) is 5.29. The lowest BCUT2D eigenvalue weighted by atomic mass is 10.2. The van der Waals surface area contributed by atoms with Crippen LogP contribution >= 0.6 is 0 Å². The Labute approximate surface area is 162 Å². The number of aromatic nitrogens is 6. The number of nitrogens with zero attached hydrogens (tertiary/aromatic N) is 7. The molecule has 1 atom stereocenters. The van der Waals surface area contributed by atoms with Crippen molar-refractivity contribution in [3.8, 4) is 11.3 Å². The molecule has 0 bridgehead atoms. The molecule has 1 aliphatic carbocycles. The minimum absolute atomic E-state index is 0.228. The van der Waals surface area contributed by atoms with E-state index >= 15 is 0 Å². The first-order chi connectivity index (χ1) is 13.7. The van der Waals surface area contributed by atoms with Crippen molar-refractivity contribution in [2.24, 2.45) is 13.0 Å². The molecule has 0 aromatic carbocycles. The second-order valence-corrected chi connectivity index (χ2v) is 7.50. The van der Waals surface area contributed by atoms with Gasteiger partial charge in [-0.25, -0.2) is 9.97 Å².